The molecule has 1 amide bonds. The normalized spacial score (nSPS) is 17.2. The minimum Gasteiger partial charge on any atom is -0.507 e. The number of esters is 1. The molecular weight excluding hydrogens is 539 g/mol. The number of hydrogen-bond donors (Lipinski definition) is 1. The average Bonchev–Trinajstić information content (AvgIpc) is 3.33. The SMILES string of the molecule is CCOC(=O)c1sc(N2C(=O)C(=O)C(=C(O)c3ccc(C)c(F)c3)C2c2ccc(Br)cc2)nc1C. The van der Waals surface area contributed by atoms with E-state index >= 15 is 0 Å². The van der Waals surface area contributed by atoms with E-state index in [-0.39, 0.29) is 27.8 Å². The van der Waals surface area contributed by atoms with Crippen LogP contribution in [0.2, 0.25) is 0 Å². The fraction of sp³-hybridized carbons (Fsp3) is 0.200. The molecule has 1 N–H and O–H groups in total. The van der Waals surface area contributed by atoms with Crippen molar-refractivity contribution in [2.75, 3.05) is 11.5 Å². The summed E-state index contributed by atoms with van der Waals surface area (Å²) in [4.78, 5) is 44.5. The van der Waals surface area contributed by atoms with Gasteiger partial charge >= 0.3 is 11.9 Å². The van der Waals surface area contributed by atoms with Gasteiger partial charge in [-0.05, 0) is 50.1 Å². The molecule has 35 heavy (non-hydrogen) atoms. The predicted octanol–water partition coefficient (Wildman–Crippen LogP) is 5.46. The van der Waals surface area contributed by atoms with Crippen molar-refractivity contribution in [1.29, 1.82) is 0 Å². The molecule has 3 aromatic rings. The Kier molecular flexibility index (Phi) is 6.86. The first-order valence-corrected chi connectivity index (χ1v) is 12.2. The first-order valence-electron chi connectivity index (χ1n) is 10.6. The summed E-state index contributed by atoms with van der Waals surface area (Å²) < 4.78 is 20.1. The quantitative estimate of drug-likeness (QED) is 0.193. The Morgan fingerprint density at radius 3 is 2.51 bits per heavy atom. The highest BCUT2D eigenvalue weighted by molar-refractivity contribution is 9.10. The van der Waals surface area contributed by atoms with Gasteiger partial charge in [0.25, 0.3) is 5.78 Å². The van der Waals surface area contributed by atoms with Crippen LogP contribution in [0, 0.1) is 19.7 Å². The van der Waals surface area contributed by atoms with Crippen molar-refractivity contribution < 1.29 is 28.6 Å². The number of ether oxygens (including phenoxy) is 1. The molecule has 0 bridgehead atoms. The summed E-state index contributed by atoms with van der Waals surface area (Å²) in [7, 11) is 0. The summed E-state index contributed by atoms with van der Waals surface area (Å²) in [5.74, 6) is -3.51. The maximum absolute atomic E-state index is 14.2. The number of anilines is 1. The Hall–Kier alpha value is -3.37. The maximum atomic E-state index is 14.2. The second-order valence-electron chi connectivity index (χ2n) is 7.82. The van der Waals surface area contributed by atoms with E-state index in [9.17, 15) is 23.9 Å². The molecule has 0 radical (unpaired) electrons. The van der Waals surface area contributed by atoms with Crippen LogP contribution in [0.25, 0.3) is 5.76 Å². The number of carbonyl (C=O) groups excluding carboxylic acids is 3. The van der Waals surface area contributed by atoms with E-state index in [1.165, 1.54) is 12.1 Å². The number of ketones is 1. The van der Waals surface area contributed by atoms with E-state index in [1.54, 1.807) is 45.0 Å². The van der Waals surface area contributed by atoms with Gasteiger partial charge in [-0.15, -0.1) is 0 Å². The number of benzene rings is 2. The van der Waals surface area contributed by atoms with Crippen molar-refractivity contribution in [2.45, 2.75) is 26.8 Å². The third-order valence-corrected chi connectivity index (χ3v) is 7.19. The monoisotopic (exact) mass is 558 g/mol. The number of aliphatic hydroxyl groups excluding tert-OH is 1. The number of thiazole rings is 1. The van der Waals surface area contributed by atoms with E-state index in [0.29, 0.717) is 16.8 Å². The fourth-order valence-corrected chi connectivity index (χ4v) is 5.01. The highest BCUT2D eigenvalue weighted by Gasteiger charge is 2.48. The first-order chi connectivity index (χ1) is 16.6. The maximum Gasteiger partial charge on any atom is 0.350 e. The molecule has 0 spiro atoms. The molecule has 0 saturated carbocycles. The molecule has 1 atom stereocenters. The summed E-state index contributed by atoms with van der Waals surface area (Å²) >= 11 is 4.28. The van der Waals surface area contributed by atoms with Crippen LogP contribution < -0.4 is 4.90 Å². The summed E-state index contributed by atoms with van der Waals surface area (Å²) in [6.45, 7) is 5.02. The minimum absolute atomic E-state index is 0.0655. The van der Waals surface area contributed by atoms with Gasteiger partial charge in [-0.1, -0.05) is 51.5 Å². The van der Waals surface area contributed by atoms with Crippen molar-refractivity contribution in [3.05, 3.63) is 85.6 Å². The molecule has 7 nitrogen and oxygen atoms in total. The van der Waals surface area contributed by atoms with E-state index in [1.807, 2.05) is 0 Å². The number of aryl methyl sites for hydroxylation is 2. The molecule has 4 rings (SSSR count). The number of Topliss-reactive ketones (excluding diaryl/α,β-unsaturated/α-hetero) is 1. The summed E-state index contributed by atoms with van der Waals surface area (Å²) in [5.41, 5.74) is 1.10. The first kappa shape index (κ1) is 24.7. The van der Waals surface area contributed by atoms with E-state index in [4.69, 9.17) is 4.74 Å². The fourth-order valence-electron chi connectivity index (χ4n) is 3.76. The number of hydrogen-bond acceptors (Lipinski definition) is 7. The summed E-state index contributed by atoms with van der Waals surface area (Å²) in [6, 6.07) is 9.89. The highest BCUT2D eigenvalue weighted by atomic mass is 79.9. The van der Waals surface area contributed by atoms with Gasteiger partial charge in [0.2, 0.25) is 0 Å². The van der Waals surface area contributed by atoms with Gasteiger partial charge in [-0.3, -0.25) is 14.5 Å². The third-order valence-electron chi connectivity index (χ3n) is 5.53. The van der Waals surface area contributed by atoms with E-state index in [2.05, 4.69) is 20.9 Å². The zero-order chi connectivity index (χ0) is 25.4. The molecular formula is C25H20BrFN2O5S. The van der Waals surface area contributed by atoms with Gasteiger partial charge in [-0.2, -0.15) is 0 Å². The Bertz CT molecular complexity index is 1380. The number of carbonyl (C=O) groups is 3. The van der Waals surface area contributed by atoms with E-state index < -0.39 is 35.3 Å². The van der Waals surface area contributed by atoms with Crippen LogP contribution in [-0.2, 0) is 14.3 Å². The van der Waals surface area contributed by atoms with Crippen LogP contribution >= 0.6 is 27.3 Å². The number of amides is 1. The van der Waals surface area contributed by atoms with Gasteiger partial charge in [0.05, 0.1) is 23.9 Å². The number of nitrogens with zero attached hydrogens (tertiary/aromatic N) is 2. The van der Waals surface area contributed by atoms with Crippen LogP contribution in [0.5, 0.6) is 0 Å². The number of halogens is 2. The van der Waals surface area contributed by atoms with Crippen LogP contribution in [0.15, 0.2) is 52.5 Å². The van der Waals surface area contributed by atoms with Gasteiger partial charge < -0.3 is 9.84 Å². The Morgan fingerprint density at radius 2 is 1.89 bits per heavy atom. The van der Waals surface area contributed by atoms with Crippen molar-refractivity contribution in [3.63, 3.8) is 0 Å². The van der Waals surface area contributed by atoms with Crippen LogP contribution in [0.4, 0.5) is 9.52 Å². The molecule has 2 aromatic carbocycles. The molecule has 1 fully saturated rings. The highest BCUT2D eigenvalue weighted by Crippen LogP contribution is 2.44. The third kappa shape index (κ3) is 4.51. The number of rotatable bonds is 5. The van der Waals surface area contributed by atoms with Gasteiger partial charge in [0.15, 0.2) is 5.13 Å². The molecule has 1 saturated heterocycles. The predicted molar refractivity (Wildman–Crippen MR) is 133 cm³/mol. The van der Waals surface area contributed by atoms with Crippen LogP contribution in [-0.4, -0.2) is 34.4 Å². The van der Waals surface area contributed by atoms with Crippen molar-refractivity contribution >= 4 is 55.8 Å². The summed E-state index contributed by atoms with van der Waals surface area (Å²) in [6.07, 6.45) is 0. The van der Waals surface area contributed by atoms with Crippen LogP contribution in [0.1, 0.15) is 45.0 Å². The Morgan fingerprint density at radius 1 is 1.20 bits per heavy atom. The van der Waals surface area contributed by atoms with E-state index in [0.717, 1.165) is 26.8 Å². The lowest BCUT2D eigenvalue weighted by molar-refractivity contribution is -0.132. The largest absolute Gasteiger partial charge is 0.507 e. The van der Waals surface area contributed by atoms with Crippen molar-refractivity contribution in [2.24, 2.45) is 0 Å². The number of aromatic nitrogens is 1. The molecule has 1 aromatic heterocycles. The molecule has 1 unspecified atom stereocenters. The zero-order valence-electron chi connectivity index (χ0n) is 19.0. The van der Waals surface area contributed by atoms with Crippen LogP contribution in [0.3, 0.4) is 0 Å². The molecule has 1 aliphatic heterocycles. The Balaban J connectivity index is 1.92. The molecule has 2 heterocycles. The smallest absolute Gasteiger partial charge is 0.350 e. The second kappa shape index (κ2) is 9.71. The topological polar surface area (TPSA) is 96.8 Å². The van der Waals surface area contributed by atoms with Gasteiger partial charge in [0.1, 0.15) is 16.5 Å². The minimum atomic E-state index is -1.05. The second-order valence-corrected chi connectivity index (χ2v) is 9.71. The average molecular weight is 559 g/mol. The lowest BCUT2D eigenvalue weighted by Gasteiger charge is -2.23. The van der Waals surface area contributed by atoms with Gasteiger partial charge in [-0.25, -0.2) is 14.2 Å². The summed E-state index contributed by atoms with van der Waals surface area (Å²) in [5, 5.41) is 11.2. The standard InChI is InChI=1S/C25H20BrFN2O5S/c1-4-34-24(33)22-13(3)28-25(35-22)29-19(14-7-9-16(26)10-8-14)18(21(31)23(29)32)20(30)15-6-5-12(2)17(27)11-15/h5-11,19,30H,4H2,1-3H3. The van der Waals surface area contributed by atoms with Crippen molar-refractivity contribution in [3.8, 4) is 0 Å². The molecule has 0 aliphatic carbocycles. The lowest BCUT2D eigenvalue weighted by atomic mass is 9.95. The lowest BCUT2D eigenvalue weighted by Crippen LogP contribution is -2.29. The van der Waals surface area contributed by atoms with Crippen molar-refractivity contribution in [1.82, 2.24) is 4.98 Å². The zero-order valence-corrected chi connectivity index (χ0v) is 21.4. The number of aliphatic hydroxyl groups is 1. The molecule has 10 heteroatoms. The van der Waals surface area contributed by atoms with Gasteiger partial charge in [0, 0.05) is 10.0 Å². The molecule has 180 valence electrons. The molecule has 1 aliphatic rings. The Labute approximate surface area is 213 Å².